The number of carbonyl (C=O) groups is 3. The van der Waals surface area contributed by atoms with Gasteiger partial charge in [0.25, 0.3) is 5.79 Å². The fourth-order valence-electron chi connectivity index (χ4n) is 4.59. The summed E-state index contributed by atoms with van der Waals surface area (Å²) < 4.78 is 21.4. The Balaban J connectivity index is 0.00000968. The van der Waals surface area contributed by atoms with E-state index in [0.29, 0.717) is 0 Å². The average Bonchev–Trinajstić information content (AvgIpc) is 2.97. The molecule has 0 aromatic heterocycles. The Bertz CT molecular complexity index is 934. The molecular formula is C23H40NO19+. The van der Waals surface area contributed by atoms with Crippen molar-refractivity contribution in [3.63, 3.8) is 0 Å². The van der Waals surface area contributed by atoms with Crippen molar-refractivity contribution in [2.45, 2.75) is 105 Å². The number of hydrogen-bond acceptors (Lipinski definition) is 18. The number of ether oxygens (including phenoxy) is 4. The second-order valence-corrected chi connectivity index (χ2v) is 10.2. The molecule has 2 heterocycles. The quantitative estimate of drug-likeness (QED) is 0.0743. The van der Waals surface area contributed by atoms with Gasteiger partial charge in [-0.25, -0.2) is 4.79 Å². The van der Waals surface area contributed by atoms with Crippen molar-refractivity contribution in [1.82, 2.24) is 5.32 Å². The first-order valence-corrected chi connectivity index (χ1v) is 13.0. The SMILES string of the molecule is CC(=O)N[C@@H]1[C@@H]([C@H](O)[C@H](O)CO)O[C@@](OC[C@H]2O[C@@H](O[C@H]([C@H](O)[C@@H](O)C=O)[C@H](O)CO)[C@H](O)[C@@H](O)[C@H]2O)(C(=O)O)C[C@@H]1O.[H+]. The highest BCUT2D eigenvalue weighted by Crippen LogP contribution is 2.35. The predicted molar refractivity (Wildman–Crippen MR) is 132 cm³/mol. The Hall–Kier alpha value is -1.99. The van der Waals surface area contributed by atoms with E-state index in [1.165, 1.54) is 0 Å². The van der Waals surface area contributed by atoms with E-state index in [9.17, 15) is 75.7 Å². The third-order valence-electron chi connectivity index (χ3n) is 7.02. The van der Waals surface area contributed by atoms with Crippen LogP contribution in [0.3, 0.4) is 0 Å². The number of carboxylic acids is 1. The minimum Gasteiger partial charge on any atom is -0.477 e. The second-order valence-electron chi connectivity index (χ2n) is 10.2. The Morgan fingerprint density at radius 3 is 2.14 bits per heavy atom. The van der Waals surface area contributed by atoms with Crippen molar-refractivity contribution >= 4 is 18.2 Å². The van der Waals surface area contributed by atoms with Crippen LogP contribution in [-0.4, -0.2) is 191 Å². The molecule has 0 spiro atoms. The molecule has 20 nitrogen and oxygen atoms in total. The maximum absolute atomic E-state index is 12.3. The molecule has 15 atom stereocenters. The van der Waals surface area contributed by atoms with Crippen molar-refractivity contribution < 1.29 is 96.0 Å². The Kier molecular flexibility index (Phi) is 13.7. The molecule has 2 saturated heterocycles. The summed E-state index contributed by atoms with van der Waals surface area (Å²) in [4.78, 5) is 34.9. The van der Waals surface area contributed by atoms with Crippen LogP contribution in [0.4, 0.5) is 0 Å². The Morgan fingerprint density at radius 1 is 1.02 bits per heavy atom. The van der Waals surface area contributed by atoms with Gasteiger partial charge in [0.15, 0.2) is 12.6 Å². The lowest BCUT2D eigenvalue weighted by Gasteiger charge is -2.47. The zero-order valence-corrected chi connectivity index (χ0v) is 22.7. The molecule has 0 unspecified atom stereocenters. The minimum absolute atomic E-state index is 0. The summed E-state index contributed by atoms with van der Waals surface area (Å²) in [6, 6.07) is -1.50. The highest BCUT2D eigenvalue weighted by Gasteiger charge is 2.57. The van der Waals surface area contributed by atoms with Crippen LogP contribution in [0.2, 0.25) is 0 Å². The summed E-state index contributed by atoms with van der Waals surface area (Å²) >= 11 is 0. The van der Waals surface area contributed by atoms with Gasteiger partial charge in [0, 0.05) is 13.3 Å². The number of aliphatic carboxylic acids is 1. The second kappa shape index (κ2) is 15.8. The number of aliphatic hydroxyl groups excluding tert-OH is 11. The van der Waals surface area contributed by atoms with Gasteiger partial charge in [-0.1, -0.05) is 0 Å². The van der Waals surface area contributed by atoms with Crippen molar-refractivity contribution in [2.75, 3.05) is 19.8 Å². The molecule has 2 aliphatic rings. The Morgan fingerprint density at radius 2 is 1.63 bits per heavy atom. The smallest absolute Gasteiger partial charge is 0.477 e. The van der Waals surface area contributed by atoms with Crippen LogP contribution in [0.25, 0.3) is 0 Å². The number of hydrogen-bond donors (Lipinski definition) is 13. The van der Waals surface area contributed by atoms with Crippen LogP contribution in [0.5, 0.6) is 0 Å². The van der Waals surface area contributed by atoms with Gasteiger partial charge in [-0.3, -0.25) is 4.79 Å². The van der Waals surface area contributed by atoms with Crippen LogP contribution >= 0.6 is 0 Å². The van der Waals surface area contributed by atoms with E-state index < -0.39 is 129 Å². The fourth-order valence-corrected chi connectivity index (χ4v) is 4.59. The molecule has 0 bridgehead atoms. The van der Waals surface area contributed by atoms with Crippen molar-refractivity contribution in [3.05, 3.63) is 0 Å². The number of amides is 1. The lowest BCUT2D eigenvalue weighted by Crippen LogP contribution is -2.68. The normalized spacial score (nSPS) is 37.4. The van der Waals surface area contributed by atoms with Gasteiger partial charge in [-0.15, -0.1) is 0 Å². The highest BCUT2D eigenvalue weighted by atomic mass is 16.7. The summed E-state index contributed by atoms with van der Waals surface area (Å²) in [6.45, 7) is -2.09. The van der Waals surface area contributed by atoms with E-state index in [1.807, 2.05) is 0 Å². The van der Waals surface area contributed by atoms with Crippen LogP contribution < -0.4 is 5.32 Å². The van der Waals surface area contributed by atoms with Gasteiger partial charge in [0.05, 0.1) is 32.0 Å². The largest absolute Gasteiger partial charge is 1.00 e. The number of rotatable bonds is 15. The molecule has 0 aromatic carbocycles. The van der Waals surface area contributed by atoms with E-state index in [2.05, 4.69) is 5.32 Å². The molecule has 0 radical (unpaired) electrons. The zero-order valence-electron chi connectivity index (χ0n) is 23.7. The van der Waals surface area contributed by atoms with E-state index in [0.717, 1.165) is 6.92 Å². The van der Waals surface area contributed by atoms with Gasteiger partial charge in [-0.05, 0) is 0 Å². The maximum atomic E-state index is 12.3. The number of carbonyl (C=O) groups excluding carboxylic acids is 2. The van der Waals surface area contributed by atoms with Crippen LogP contribution in [0.1, 0.15) is 14.8 Å². The molecule has 250 valence electrons. The first-order chi connectivity index (χ1) is 20.0. The predicted octanol–water partition coefficient (Wildman–Crippen LogP) is -8.27. The number of aliphatic hydroxyl groups is 11. The van der Waals surface area contributed by atoms with Crippen molar-refractivity contribution in [3.8, 4) is 0 Å². The molecule has 43 heavy (non-hydrogen) atoms. The number of aldehydes is 1. The standard InChI is InChI=1S/C23H39NO19/c1-7(28)24-13-8(29)2-23(22(38)39,43-20(13)15(34)10(31)4-26)40-6-12-16(35)17(36)18(37)21(41-12)42-19(11(32)5-27)14(33)9(30)3-25/h3,8-21,26-27,29-37H,2,4-6H2,1H3,(H,24,28)(H,38,39)/p+1/t8-,9-,10+,11+,12+,13-,14+,15+,16-,17-,18+,19-,20-,21-,23+/m0/s1. The third-order valence-corrected chi connectivity index (χ3v) is 7.02. The van der Waals surface area contributed by atoms with E-state index in [1.54, 1.807) is 0 Å². The summed E-state index contributed by atoms with van der Waals surface area (Å²) in [5, 5.41) is 123. The number of nitrogens with one attached hydrogen (secondary N) is 1. The van der Waals surface area contributed by atoms with Gasteiger partial charge in [0.1, 0.15) is 67.1 Å². The first kappa shape index (κ1) is 37.2. The van der Waals surface area contributed by atoms with Crippen molar-refractivity contribution in [1.29, 1.82) is 0 Å². The topological polar surface area (TPSA) is 343 Å². The molecule has 2 fully saturated rings. The molecule has 2 aliphatic heterocycles. The summed E-state index contributed by atoms with van der Waals surface area (Å²) in [7, 11) is 0. The summed E-state index contributed by atoms with van der Waals surface area (Å²) in [6.07, 6.45) is -27.1. The molecule has 0 aliphatic carbocycles. The molecular weight excluding hydrogens is 594 g/mol. The zero-order chi connectivity index (χ0) is 32.8. The molecule has 0 saturated carbocycles. The van der Waals surface area contributed by atoms with Gasteiger partial charge in [-0.2, -0.15) is 0 Å². The van der Waals surface area contributed by atoms with E-state index >= 15 is 0 Å². The van der Waals surface area contributed by atoms with Crippen LogP contribution in [0, 0.1) is 0 Å². The van der Waals surface area contributed by atoms with Crippen molar-refractivity contribution in [2.24, 2.45) is 0 Å². The molecule has 1 amide bonds. The molecule has 0 aromatic rings. The minimum atomic E-state index is -2.87. The van der Waals surface area contributed by atoms with Gasteiger partial charge < -0.3 is 90.3 Å². The lowest BCUT2D eigenvalue weighted by atomic mass is 9.88. The molecule has 13 N–H and O–H groups in total. The molecule has 2 rings (SSSR count). The monoisotopic (exact) mass is 634 g/mol. The average molecular weight is 635 g/mol. The van der Waals surface area contributed by atoms with E-state index in [4.69, 9.17) is 18.9 Å². The Labute approximate surface area is 244 Å². The first-order valence-electron chi connectivity index (χ1n) is 13.0. The fraction of sp³-hybridized carbons (Fsp3) is 0.870. The van der Waals surface area contributed by atoms with E-state index in [-0.39, 0.29) is 7.71 Å². The van der Waals surface area contributed by atoms with Gasteiger partial charge >= 0.3 is 7.40 Å². The lowest BCUT2D eigenvalue weighted by molar-refractivity contribution is -0.348. The molecule has 20 heteroatoms. The van der Waals surface area contributed by atoms with Crippen LogP contribution in [0.15, 0.2) is 0 Å². The highest BCUT2D eigenvalue weighted by molar-refractivity contribution is 5.76. The number of carboxylic acid groups (broad SMARTS) is 1. The maximum Gasteiger partial charge on any atom is 1.00 e. The third kappa shape index (κ3) is 8.59. The van der Waals surface area contributed by atoms with Gasteiger partial charge in [0.2, 0.25) is 5.91 Å². The summed E-state index contributed by atoms with van der Waals surface area (Å²) in [5.41, 5.74) is 0. The van der Waals surface area contributed by atoms with Crippen LogP contribution in [-0.2, 0) is 33.3 Å². The summed E-state index contributed by atoms with van der Waals surface area (Å²) in [5.74, 6) is -5.51.